The summed E-state index contributed by atoms with van der Waals surface area (Å²) in [5.74, 6) is 0. The summed E-state index contributed by atoms with van der Waals surface area (Å²) in [5.41, 5.74) is 0. The highest BCUT2D eigenvalue weighted by Gasteiger charge is 2.47. The van der Waals surface area contributed by atoms with E-state index in [9.17, 15) is 0 Å². The van der Waals surface area contributed by atoms with E-state index in [4.69, 9.17) is 0 Å². The molecule has 0 amide bonds. The number of hydrogen-bond acceptors (Lipinski definition) is 0. The molecule has 0 aromatic carbocycles. The van der Waals surface area contributed by atoms with E-state index in [1.807, 2.05) is 0 Å². The molecule has 0 aliphatic carbocycles. The Kier molecular flexibility index (Phi) is 4.95. The van der Waals surface area contributed by atoms with Crippen molar-refractivity contribution in [2.75, 3.05) is 0 Å². The zero-order valence-corrected chi connectivity index (χ0v) is 18.5. The average molecular weight is 306 g/mol. The van der Waals surface area contributed by atoms with Gasteiger partial charge in [0.25, 0.3) is 0 Å². The van der Waals surface area contributed by atoms with Gasteiger partial charge in [0.2, 0.25) is 0 Å². The summed E-state index contributed by atoms with van der Waals surface area (Å²) < 4.78 is 0. The summed E-state index contributed by atoms with van der Waals surface area (Å²) in [5, 5.41) is 0. The van der Waals surface area contributed by atoms with Crippen LogP contribution < -0.4 is 0 Å². The molecule has 0 rings (SSSR count). The minimum absolute atomic E-state index is 0.0465. The minimum Gasteiger partial charge on any atom is -0.260 e. The molecular formula is C11H33Si5-. The zero-order chi connectivity index (χ0) is 13.6. The molecule has 0 radical (unpaired) electrons. The van der Waals surface area contributed by atoms with Gasteiger partial charge in [0.1, 0.15) is 0 Å². The molecule has 0 aliphatic heterocycles. The summed E-state index contributed by atoms with van der Waals surface area (Å²) >= 11 is 0. The first-order valence-electron chi connectivity index (χ1n) is 6.50. The summed E-state index contributed by atoms with van der Waals surface area (Å²) in [6, 6.07) is 0. The topological polar surface area (TPSA) is 0 Å². The Morgan fingerprint density at radius 2 is 0.938 bits per heavy atom. The van der Waals surface area contributed by atoms with Crippen LogP contribution in [0.15, 0.2) is 0 Å². The van der Waals surface area contributed by atoms with Gasteiger partial charge in [-0.25, -0.2) is 0 Å². The molecule has 0 aromatic rings. The molecule has 0 saturated carbocycles. The molecule has 0 bridgehead atoms. The Balaban J connectivity index is 5.37. The molecule has 0 spiro atoms. The highest BCUT2D eigenvalue weighted by atomic mass is 29.9. The van der Waals surface area contributed by atoms with Crippen molar-refractivity contribution in [3.05, 3.63) is 0 Å². The average Bonchev–Trinajstić information content (AvgIpc) is 1.98. The quantitative estimate of drug-likeness (QED) is 0.670. The van der Waals surface area contributed by atoms with Crippen molar-refractivity contribution in [1.29, 1.82) is 0 Å². The van der Waals surface area contributed by atoms with Crippen LogP contribution in [0.2, 0.25) is 72.0 Å². The third kappa shape index (κ3) is 3.10. The van der Waals surface area contributed by atoms with E-state index >= 15 is 0 Å². The molecule has 0 N–H and O–H groups in total. The smallest absolute Gasteiger partial charge is 0.0328 e. The Labute approximate surface area is 109 Å². The Morgan fingerprint density at radius 3 is 1.12 bits per heavy atom. The van der Waals surface area contributed by atoms with Crippen molar-refractivity contribution < 1.29 is 0 Å². The Morgan fingerprint density at radius 1 is 0.625 bits per heavy atom. The lowest BCUT2D eigenvalue weighted by atomic mass is 11.8. The Bertz CT molecular complexity index is 244. The molecular weight excluding hydrogens is 273 g/mol. The molecule has 0 aliphatic rings. The van der Waals surface area contributed by atoms with E-state index in [-0.39, 0.29) is 7.83 Å². The van der Waals surface area contributed by atoms with Gasteiger partial charge < -0.3 is 0 Å². The molecule has 0 fully saturated rings. The summed E-state index contributed by atoms with van der Waals surface area (Å²) in [6.07, 6.45) is 0. The van der Waals surface area contributed by atoms with Gasteiger partial charge in [0, 0.05) is 14.7 Å². The fraction of sp³-hybridized carbons (Fsp3) is 1.00. The van der Waals surface area contributed by atoms with Crippen LogP contribution in [0.4, 0.5) is 0 Å². The third-order valence-corrected chi connectivity index (χ3v) is 87.8. The molecule has 16 heavy (non-hydrogen) atoms. The van der Waals surface area contributed by atoms with Crippen LogP contribution in [-0.2, 0) is 0 Å². The van der Waals surface area contributed by atoms with Crippen LogP contribution in [0.25, 0.3) is 0 Å². The van der Waals surface area contributed by atoms with E-state index in [2.05, 4.69) is 72.0 Å². The van der Waals surface area contributed by atoms with Crippen LogP contribution in [0.3, 0.4) is 0 Å². The van der Waals surface area contributed by atoms with Gasteiger partial charge in [-0.3, -0.25) is 7.83 Å². The fourth-order valence-corrected chi connectivity index (χ4v) is 100. The van der Waals surface area contributed by atoms with Gasteiger partial charge in [0.15, 0.2) is 0 Å². The highest BCUT2D eigenvalue weighted by molar-refractivity contribution is 7.87. The van der Waals surface area contributed by atoms with Crippen LogP contribution >= 0.6 is 0 Å². The maximum Gasteiger partial charge on any atom is 0.0328 e. The van der Waals surface area contributed by atoms with E-state index in [1.54, 1.807) is 0 Å². The van der Waals surface area contributed by atoms with Gasteiger partial charge in [-0.05, 0) is 0 Å². The predicted molar refractivity (Wildman–Crippen MR) is 93.3 cm³/mol. The van der Waals surface area contributed by atoms with Crippen molar-refractivity contribution in [3.63, 3.8) is 0 Å². The molecule has 5 heteroatoms. The summed E-state index contributed by atoms with van der Waals surface area (Å²) in [6.45, 7) is 29.4. The van der Waals surface area contributed by atoms with Crippen LogP contribution in [0.1, 0.15) is 0 Å². The van der Waals surface area contributed by atoms with E-state index in [1.165, 1.54) is 0 Å². The maximum absolute atomic E-state index is 2.75. The summed E-state index contributed by atoms with van der Waals surface area (Å²) in [7, 11) is -3.71. The first-order chi connectivity index (χ1) is 6.65. The lowest BCUT2D eigenvalue weighted by molar-refractivity contribution is 1.74. The minimum atomic E-state index is -0.948. The largest absolute Gasteiger partial charge is 0.260 e. The standard InChI is InChI=1S/C11H33Si5/c1-12(13(2,3)4)15(8,9)16(10,11)14(5,6)7/h1-11H3/q-1. The zero-order valence-electron chi connectivity index (χ0n) is 13.5. The maximum atomic E-state index is 2.75. The van der Waals surface area contributed by atoms with Crippen LogP contribution in [0.5, 0.6) is 0 Å². The van der Waals surface area contributed by atoms with Crippen molar-refractivity contribution in [3.8, 4) is 0 Å². The van der Waals surface area contributed by atoms with E-state index < -0.39 is 29.4 Å². The molecule has 0 saturated heterocycles. The Hall–Kier alpha value is 1.08. The lowest BCUT2D eigenvalue weighted by Gasteiger charge is -2.61. The third-order valence-electron chi connectivity index (χ3n) is 5.50. The summed E-state index contributed by atoms with van der Waals surface area (Å²) in [4.78, 5) is 0. The van der Waals surface area contributed by atoms with Crippen molar-refractivity contribution >= 4 is 37.2 Å². The van der Waals surface area contributed by atoms with Gasteiger partial charge in [0.05, 0.1) is 0 Å². The molecule has 0 nitrogen and oxygen atoms in total. The molecule has 0 heterocycles. The van der Waals surface area contributed by atoms with Crippen molar-refractivity contribution in [2.24, 2.45) is 0 Å². The highest BCUT2D eigenvalue weighted by Crippen LogP contribution is 2.33. The van der Waals surface area contributed by atoms with Crippen LogP contribution in [-0.4, -0.2) is 37.2 Å². The molecule has 0 atom stereocenters. The van der Waals surface area contributed by atoms with Gasteiger partial charge in [-0.2, -0.15) is 6.55 Å². The van der Waals surface area contributed by atoms with Gasteiger partial charge in [-0.1, -0.05) is 65.5 Å². The fourth-order valence-electron chi connectivity index (χ4n) is 2.34. The SMILES string of the molecule is C[Si-]([Si](C)(C)C)[Si](C)(C)[Si](C)(C)[Si](C)(C)C. The van der Waals surface area contributed by atoms with Crippen molar-refractivity contribution in [1.82, 2.24) is 0 Å². The van der Waals surface area contributed by atoms with E-state index in [0.717, 1.165) is 0 Å². The number of hydrogen-bond donors (Lipinski definition) is 0. The molecule has 0 aromatic heterocycles. The first kappa shape index (κ1) is 17.1. The monoisotopic (exact) mass is 305 g/mol. The second-order valence-corrected chi connectivity index (χ2v) is 58.1. The molecule has 0 unspecified atom stereocenters. The first-order valence-corrected chi connectivity index (χ1v) is 25.5. The number of rotatable bonds is 4. The van der Waals surface area contributed by atoms with E-state index in [0.29, 0.717) is 0 Å². The second-order valence-electron chi connectivity index (χ2n) is 8.38. The van der Waals surface area contributed by atoms with Gasteiger partial charge in [-0.15, -0.1) is 14.7 Å². The van der Waals surface area contributed by atoms with Crippen LogP contribution in [0, 0.1) is 0 Å². The normalized spacial score (nSPS) is 15.8. The van der Waals surface area contributed by atoms with Gasteiger partial charge >= 0.3 is 0 Å². The second kappa shape index (κ2) is 4.64. The predicted octanol–water partition coefficient (Wildman–Crippen LogP) is 4.52. The molecule has 98 valence electrons. The lowest BCUT2D eigenvalue weighted by Crippen LogP contribution is -2.78. The van der Waals surface area contributed by atoms with Crippen molar-refractivity contribution in [2.45, 2.75) is 72.0 Å².